The molecule has 0 bridgehead atoms. The van der Waals surface area contributed by atoms with Gasteiger partial charge in [-0.3, -0.25) is 9.79 Å². The number of hydrogen-bond acceptors (Lipinski definition) is 4. The van der Waals surface area contributed by atoms with E-state index >= 15 is 0 Å². The van der Waals surface area contributed by atoms with E-state index in [0.717, 1.165) is 0 Å². The van der Waals surface area contributed by atoms with E-state index in [9.17, 15) is 14.0 Å². The Hall–Kier alpha value is -2.84. The number of amides is 2. The highest BCUT2D eigenvalue weighted by molar-refractivity contribution is 5.94. The first-order valence-electron chi connectivity index (χ1n) is 9.58. The van der Waals surface area contributed by atoms with Gasteiger partial charge in [0.1, 0.15) is 11.4 Å². The fourth-order valence-corrected chi connectivity index (χ4v) is 2.63. The van der Waals surface area contributed by atoms with Gasteiger partial charge < -0.3 is 25.6 Å². The van der Waals surface area contributed by atoms with Crippen molar-refractivity contribution >= 4 is 18.0 Å². The first kappa shape index (κ1) is 22.4. The third kappa shape index (κ3) is 6.92. The lowest BCUT2D eigenvalue weighted by molar-refractivity contribution is 0.00701. The Morgan fingerprint density at radius 1 is 1.24 bits per heavy atom. The van der Waals surface area contributed by atoms with E-state index in [0.29, 0.717) is 37.7 Å². The summed E-state index contributed by atoms with van der Waals surface area (Å²) in [6.07, 6.45) is -0.325. The number of aryl methyl sites for hydroxylation is 1. The molecule has 8 nitrogen and oxygen atoms in total. The maximum absolute atomic E-state index is 13.5. The summed E-state index contributed by atoms with van der Waals surface area (Å²) in [7, 11) is 1.65. The monoisotopic (exact) mass is 407 g/mol. The van der Waals surface area contributed by atoms with Crippen molar-refractivity contribution in [1.29, 1.82) is 0 Å². The number of carbonyl (C=O) groups is 2. The summed E-state index contributed by atoms with van der Waals surface area (Å²) in [4.78, 5) is 29.7. The van der Waals surface area contributed by atoms with E-state index in [1.165, 1.54) is 6.07 Å². The minimum Gasteiger partial charge on any atom is -0.444 e. The van der Waals surface area contributed by atoms with Crippen molar-refractivity contribution in [2.75, 3.05) is 33.2 Å². The second-order valence-corrected chi connectivity index (χ2v) is 7.95. The van der Waals surface area contributed by atoms with Crippen LogP contribution in [0, 0.1) is 12.7 Å². The summed E-state index contributed by atoms with van der Waals surface area (Å²) in [5.41, 5.74) is 0.272. The van der Waals surface area contributed by atoms with E-state index in [1.54, 1.807) is 31.0 Å². The molecule has 0 aromatic heterocycles. The predicted molar refractivity (Wildman–Crippen MR) is 110 cm³/mol. The van der Waals surface area contributed by atoms with Crippen molar-refractivity contribution in [3.63, 3.8) is 0 Å². The highest BCUT2D eigenvalue weighted by Crippen LogP contribution is 2.15. The highest BCUT2D eigenvalue weighted by atomic mass is 19.1. The molecular formula is C20H30FN5O3. The molecular weight excluding hydrogens is 377 g/mol. The average Bonchev–Trinajstić information content (AvgIpc) is 2.59. The van der Waals surface area contributed by atoms with Gasteiger partial charge in [-0.25, -0.2) is 9.18 Å². The number of halogens is 1. The van der Waals surface area contributed by atoms with E-state index in [1.807, 2.05) is 20.8 Å². The van der Waals surface area contributed by atoms with Crippen LogP contribution in [0.1, 0.15) is 36.7 Å². The van der Waals surface area contributed by atoms with Gasteiger partial charge in [0, 0.05) is 38.8 Å². The van der Waals surface area contributed by atoms with E-state index < -0.39 is 11.4 Å². The first-order chi connectivity index (χ1) is 13.6. The summed E-state index contributed by atoms with van der Waals surface area (Å²) in [5, 5.41) is 9.03. The molecule has 1 heterocycles. The predicted octanol–water partition coefficient (Wildman–Crippen LogP) is 1.65. The molecule has 0 radical (unpaired) electrons. The first-order valence-corrected chi connectivity index (χ1v) is 9.58. The van der Waals surface area contributed by atoms with Crippen LogP contribution < -0.4 is 16.0 Å². The van der Waals surface area contributed by atoms with Gasteiger partial charge in [0.05, 0.1) is 6.04 Å². The number of rotatable bonds is 5. The van der Waals surface area contributed by atoms with Gasteiger partial charge in [0.15, 0.2) is 5.96 Å². The van der Waals surface area contributed by atoms with E-state index in [2.05, 4.69) is 20.9 Å². The number of guanidine groups is 1. The molecule has 0 saturated carbocycles. The molecule has 1 aromatic carbocycles. The molecule has 0 aliphatic carbocycles. The molecule has 0 unspecified atom stereocenters. The van der Waals surface area contributed by atoms with Crippen LogP contribution in [0.25, 0.3) is 0 Å². The van der Waals surface area contributed by atoms with Crippen molar-refractivity contribution < 1.29 is 18.7 Å². The Morgan fingerprint density at radius 3 is 2.48 bits per heavy atom. The van der Waals surface area contributed by atoms with Gasteiger partial charge in [-0.2, -0.15) is 0 Å². The van der Waals surface area contributed by atoms with E-state index in [-0.39, 0.29) is 23.6 Å². The number of ether oxygens (including phenoxy) is 1. The highest BCUT2D eigenvalue weighted by Gasteiger charge is 2.34. The van der Waals surface area contributed by atoms with Crippen LogP contribution in [-0.2, 0) is 4.74 Å². The molecule has 1 aromatic rings. The SMILES string of the molecule is CN=C(NCCNC(=O)c1ccc(C)c(F)c1)NC1CN(C(=O)OC(C)(C)C)C1. The second kappa shape index (κ2) is 9.58. The fraction of sp³-hybridized carbons (Fsp3) is 0.550. The number of benzene rings is 1. The average molecular weight is 407 g/mol. The van der Waals surface area contributed by atoms with Crippen LogP contribution in [0.5, 0.6) is 0 Å². The molecule has 1 fully saturated rings. The van der Waals surface area contributed by atoms with Crippen molar-refractivity contribution in [2.45, 2.75) is 39.3 Å². The Balaban J connectivity index is 1.66. The third-order valence-corrected chi connectivity index (χ3v) is 4.23. The normalized spacial score (nSPS) is 14.8. The van der Waals surface area contributed by atoms with Crippen LogP contribution in [0.3, 0.4) is 0 Å². The summed E-state index contributed by atoms with van der Waals surface area (Å²) in [6.45, 7) is 9.01. The Bertz CT molecular complexity index is 770. The van der Waals surface area contributed by atoms with Crippen molar-refractivity contribution in [1.82, 2.24) is 20.9 Å². The van der Waals surface area contributed by atoms with Gasteiger partial charge in [-0.15, -0.1) is 0 Å². The van der Waals surface area contributed by atoms with Gasteiger partial charge in [0.25, 0.3) is 5.91 Å². The van der Waals surface area contributed by atoms with Crippen molar-refractivity contribution in [3.05, 3.63) is 35.1 Å². The van der Waals surface area contributed by atoms with Crippen LogP contribution in [0.15, 0.2) is 23.2 Å². The van der Waals surface area contributed by atoms with Crippen LogP contribution >= 0.6 is 0 Å². The Kier molecular flexibility index (Phi) is 7.41. The number of nitrogens with zero attached hydrogens (tertiary/aromatic N) is 2. The smallest absolute Gasteiger partial charge is 0.410 e. The zero-order valence-electron chi connectivity index (χ0n) is 17.6. The molecule has 3 N–H and O–H groups in total. The molecule has 0 spiro atoms. The van der Waals surface area contributed by atoms with E-state index in [4.69, 9.17) is 4.74 Å². The molecule has 2 rings (SSSR count). The Labute approximate surface area is 170 Å². The van der Waals surface area contributed by atoms with Crippen molar-refractivity contribution in [2.24, 2.45) is 4.99 Å². The minimum atomic E-state index is -0.512. The zero-order chi connectivity index (χ0) is 21.6. The maximum atomic E-state index is 13.5. The fourth-order valence-electron chi connectivity index (χ4n) is 2.63. The minimum absolute atomic E-state index is 0.0823. The molecule has 0 atom stereocenters. The molecule has 1 saturated heterocycles. The quantitative estimate of drug-likeness (QED) is 0.392. The number of hydrogen-bond donors (Lipinski definition) is 3. The number of nitrogens with one attached hydrogen (secondary N) is 3. The number of carbonyl (C=O) groups excluding carboxylic acids is 2. The lowest BCUT2D eigenvalue weighted by Crippen LogP contribution is -2.63. The standard InChI is InChI=1S/C20H30FN5O3/c1-13-6-7-14(10-16(13)21)17(27)23-8-9-24-18(22-5)25-15-11-26(12-15)19(28)29-20(2,3)4/h6-7,10,15H,8-9,11-12H2,1-5H3,(H,23,27)(H2,22,24,25). The Morgan fingerprint density at radius 2 is 1.90 bits per heavy atom. The van der Waals surface area contributed by atoms with Crippen LogP contribution in [0.4, 0.5) is 9.18 Å². The topological polar surface area (TPSA) is 95.1 Å². The molecule has 9 heteroatoms. The van der Waals surface area contributed by atoms with Gasteiger partial charge >= 0.3 is 6.09 Å². The van der Waals surface area contributed by atoms with Crippen LogP contribution in [-0.4, -0.2) is 67.7 Å². The molecule has 1 aliphatic heterocycles. The third-order valence-electron chi connectivity index (χ3n) is 4.23. The zero-order valence-corrected chi connectivity index (χ0v) is 17.6. The van der Waals surface area contributed by atoms with Gasteiger partial charge in [0.2, 0.25) is 0 Å². The molecule has 29 heavy (non-hydrogen) atoms. The number of aliphatic imine (C=N–C) groups is 1. The summed E-state index contributed by atoms with van der Waals surface area (Å²) >= 11 is 0. The largest absolute Gasteiger partial charge is 0.444 e. The lowest BCUT2D eigenvalue weighted by Gasteiger charge is -2.40. The summed E-state index contributed by atoms with van der Waals surface area (Å²) < 4.78 is 18.9. The van der Waals surface area contributed by atoms with Gasteiger partial charge in [-0.05, 0) is 45.4 Å². The second-order valence-electron chi connectivity index (χ2n) is 7.95. The van der Waals surface area contributed by atoms with Crippen molar-refractivity contribution in [3.8, 4) is 0 Å². The molecule has 160 valence electrons. The van der Waals surface area contributed by atoms with Gasteiger partial charge in [-0.1, -0.05) is 6.07 Å². The molecule has 1 aliphatic rings. The lowest BCUT2D eigenvalue weighted by atomic mass is 10.1. The molecule has 2 amide bonds. The summed E-state index contributed by atoms with van der Waals surface area (Å²) in [6, 6.07) is 4.48. The number of likely N-dealkylation sites (tertiary alicyclic amines) is 1. The summed E-state index contributed by atoms with van der Waals surface area (Å²) in [5.74, 6) is -0.156. The maximum Gasteiger partial charge on any atom is 0.410 e. The van der Waals surface area contributed by atoms with Crippen LogP contribution in [0.2, 0.25) is 0 Å².